The molecule has 0 radical (unpaired) electrons. The van der Waals surface area contributed by atoms with Gasteiger partial charge < -0.3 is 4.42 Å². The number of nitrogens with zero attached hydrogens (tertiary/aromatic N) is 7. The summed E-state index contributed by atoms with van der Waals surface area (Å²) in [7, 11) is -3.76. The van der Waals surface area contributed by atoms with E-state index in [0.717, 1.165) is 6.20 Å². The third-order valence-electron chi connectivity index (χ3n) is 6.53. The average molecular weight is 578 g/mol. The van der Waals surface area contributed by atoms with Crippen LogP contribution < -0.4 is 0 Å². The summed E-state index contributed by atoms with van der Waals surface area (Å²) in [6.45, 7) is 3.82. The largest absolute Gasteiger partial charge is 0.451 e. The molecule has 1 fully saturated rings. The molecule has 1 saturated heterocycles. The van der Waals surface area contributed by atoms with Crippen LogP contribution in [0.1, 0.15) is 47.4 Å². The van der Waals surface area contributed by atoms with Crippen molar-refractivity contribution in [3.05, 3.63) is 70.9 Å². The Morgan fingerprint density at radius 1 is 1.00 bits per heavy atom. The summed E-state index contributed by atoms with van der Waals surface area (Å²) >= 11 is 0. The van der Waals surface area contributed by atoms with Gasteiger partial charge in [0.15, 0.2) is 0 Å². The van der Waals surface area contributed by atoms with Gasteiger partial charge in [-0.05, 0) is 38.8 Å². The number of rotatable bonds is 6. The second kappa shape index (κ2) is 10.6. The van der Waals surface area contributed by atoms with Crippen LogP contribution in [-0.2, 0) is 22.0 Å². The van der Waals surface area contributed by atoms with Crippen molar-refractivity contribution in [2.75, 3.05) is 13.1 Å². The fourth-order valence-corrected chi connectivity index (χ4v) is 6.23. The van der Waals surface area contributed by atoms with Crippen LogP contribution in [0.2, 0.25) is 0 Å². The second-order valence-corrected chi connectivity index (χ2v) is 11.3. The molecule has 0 bridgehead atoms. The van der Waals surface area contributed by atoms with E-state index in [1.807, 2.05) is 0 Å². The Labute approximate surface area is 226 Å². The fourth-order valence-electron chi connectivity index (χ4n) is 4.65. The summed E-state index contributed by atoms with van der Waals surface area (Å²) in [6.07, 6.45) is -2.96. The zero-order chi connectivity index (χ0) is 28.7. The number of halogens is 4. The lowest BCUT2D eigenvalue weighted by Crippen LogP contribution is -2.39. The third-order valence-corrected chi connectivity index (χ3v) is 8.35. The second-order valence-electron chi connectivity index (χ2n) is 9.31. The molecule has 0 aliphatic carbocycles. The zero-order valence-electron chi connectivity index (χ0n) is 21.4. The maximum absolute atomic E-state index is 14.1. The highest BCUT2D eigenvalue weighted by Gasteiger charge is 2.36. The average Bonchev–Trinajstić information content (AvgIpc) is 3.39. The normalized spacial score (nSPS) is 15.4. The molecule has 0 atom stereocenters. The first-order valence-electron chi connectivity index (χ1n) is 12.2. The van der Waals surface area contributed by atoms with Crippen LogP contribution >= 0.6 is 0 Å². The first-order chi connectivity index (χ1) is 18.9. The molecule has 1 aliphatic heterocycles. The number of benzene rings is 1. The van der Waals surface area contributed by atoms with Gasteiger partial charge in [0.2, 0.25) is 15.8 Å². The molecule has 10 nitrogen and oxygen atoms in total. The molecular weight excluding hydrogens is 554 g/mol. The Bertz CT molecular complexity index is 1650. The maximum Gasteiger partial charge on any atom is 0.451 e. The predicted molar refractivity (Wildman–Crippen MR) is 133 cm³/mol. The minimum absolute atomic E-state index is 0.00396. The van der Waals surface area contributed by atoms with Gasteiger partial charge in [-0.2, -0.15) is 13.2 Å². The van der Waals surface area contributed by atoms with Gasteiger partial charge in [0, 0.05) is 30.8 Å². The molecule has 0 amide bonds. The lowest BCUT2D eigenvalue weighted by Gasteiger charge is -2.31. The van der Waals surface area contributed by atoms with Crippen molar-refractivity contribution in [2.45, 2.75) is 44.5 Å². The number of aryl methyl sites for hydroxylation is 2. The van der Waals surface area contributed by atoms with Crippen molar-refractivity contribution >= 4 is 10.0 Å². The van der Waals surface area contributed by atoms with Gasteiger partial charge in [-0.25, -0.2) is 37.0 Å². The molecule has 0 N–H and O–H groups in total. The molecule has 40 heavy (non-hydrogen) atoms. The first kappa shape index (κ1) is 27.7. The van der Waals surface area contributed by atoms with E-state index in [1.165, 1.54) is 28.6 Å². The summed E-state index contributed by atoms with van der Waals surface area (Å²) in [4.78, 5) is 15.7. The van der Waals surface area contributed by atoms with Crippen LogP contribution in [-0.4, -0.2) is 55.9 Å². The Kier molecular flexibility index (Phi) is 7.35. The Hall–Kier alpha value is -3.85. The van der Waals surface area contributed by atoms with E-state index in [4.69, 9.17) is 4.42 Å². The minimum atomic E-state index is -4.75. The van der Waals surface area contributed by atoms with Crippen molar-refractivity contribution in [2.24, 2.45) is 0 Å². The molecule has 15 heteroatoms. The predicted octanol–water partition coefficient (Wildman–Crippen LogP) is 4.47. The van der Waals surface area contributed by atoms with Crippen LogP contribution in [0.3, 0.4) is 0 Å². The summed E-state index contributed by atoms with van der Waals surface area (Å²) in [6, 6.07) is 6.98. The highest BCUT2D eigenvalue weighted by molar-refractivity contribution is 7.88. The summed E-state index contributed by atoms with van der Waals surface area (Å²) in [5, 5.41) is 7.91. The molecule has 0 unspecified atom stereocenters. The van der Waals surface area contributed by atoms with Gasteiger partial charge in [0.05, 0.1) is 22.7 Å². The Morgan fingerprint density at radius 2 is 1.70 bits per heavy atom. The van der Waals surface area contributed by atoms with Gasteiger partial charge in [0.1, 0.15) is 17.3 Å². The van der Waals surface area contributed by atoms with E-state index < -0.39 is 33.6 Å². The van der Waals surface area contributed by atoms with Crippen molar-refractivity contribution in [1.82, 2.24) is 34.4 Å². The van der Waals surface area contributed by atoms with Crippen molar-refractivity contribution in [3.63, 3.8) is 0 Å². The van der Waals surface area contributed by atoms with Gasteiger partial charge in [-0.3, -0.25) is 0 Å². The fraction of sp³-hybridized carbons (Fsp3) is 0.360. The third kappa shape index (κ3) is 5.70. The SMILES string of the molecule is Cc1nc(C)c(-c2nnc(-c3ccnc(C(F)(F)F)n3)o2)c(C2CCN(S(=O)(=O)Cc3ccccc3F)CC2)n1. The van der Waals surface area contributed by atoms with Crippen LogP contribution in [0.25, 0.3) is 23.0 Å². The molecule has 210 valence electrons. The van der Waals surface area contributed by atoms with Crippen LogP contribution in [0.4, 0.5) is 17.6 Å². The van der Waals surface area contributed by atoms with E-state index in [1.54, 1.807) is 19.9 Å². The maximum atomic E-state index is 14.1. The van der Waals surface area contributed by atoms with E-state index >= 15 is 0 Å². The molecule has 1 aliphatic rings. The van der Waals surface area contributed by atoms with Gasteiger partial charge in [-0.1, -0.05) is 18.2 Å². The number of hydrogen-bond acceptors (Lipinski definition) is 9. The van der Waals surface area contributed by atoms with E-state index in [-0.39, 0.29) is 42.0 Å². The van der Waals surface area contributed by atoms with Crippen LogP contribution in [0.15, 0.2) is 40.9 Å². The quantitative estimate of drug-likeness (QED) is 0.305. The molecule has 0 spiro atoms. The lowest BCUT2D eigenvalue weighted by molar-refractivity contribution is -0.144. The molecule has 3 aromatic heterocycles. The number of piperidine rings is 1. The highest BCUT2D eigenvalue weighted by Crippen LogP contribution is 2.37. The lowest BCUT2D eigenvalue weighted by atomic mass is 9.90. The van der Waals surface area contributed by atoms with Crippen molar-refractivity contribution in [3.8, 4) is 23.0 Å². The first-order valence-corrected chi connectivity index (χ1v) is 13.8. The molecule has 1 aromatic carbocycles. The Morgan fingerprint density at radius 3 is 2.40 bits per heavy atom. The van der Waals surface area contributed by atoms with Crippen molar-refractivity contribution in [1.29, 1.82) is 0 Å². The molecular formula is C25H23F4N7O3S. The van der Waals surface area contributed by atoms with Crippen LogP contribution in [0.5, 0.6) is 0 Å². The number of sulfonamides is 1. The van der Waals surface area contributed by atoms with Crippen molar-refractivity contribution < 1.29 is 30.4 Å². The summed E-state index contributed by atoms with van der Waals surface area (Å²) in [5.41, 5.74) is 1.44. The van der Waals surface area contributed by atoms with Gasteiger partial charge in [-0.15, -0.1) is 10.2 Å². The van der Waals surface area contributed by atoms with Crippen LogP contribution in [0, 0.1) is 19.7 Å². The van der Waals surface area contributed by atoms with E-state index in [9.17, 15) is 26.0 Å². The molecule has 0 saturated carbocycles. The standard InChI is InChI=1S/C25H23F4N7O3S/c1-14-20(23-35-34-22(39-23)19-7-10-30-24(33-19)25(27,28)29)21(32-15(2)31-14)16-8-11-36(12-9-16)40(37,38)13-17-5-3-4-6-18(17)26/h3-7,10,16H,8-9,11-13H2,1-2H3. The number of alkyl halides is 3. The van der Waals surface area contributed by atoms with Gasteiger partial charge in [0.25, 0.3) is 11.8 Å². The summed E-state index contributed by atoms with van der Waals surface area (Å²) < 4.78 is 86.3. The number of hydrogen-bond donors (Lipinski definition) is 0. The Balaban J connectivity index is 1.39. The van der Waals surface area contributed by atoms with Gasteiger partial charge >= 0.3 is 6.18 Å². The topological polar surface area (TPSA) is 128 Å². The molecule has 4 aromatic rings. The van der Waals surface area contributed by atoms with E-state index in [0.29, 0.717) is 35.6 Å². The molecule has 4 heterocycles. The van der Waals surface area contributed by atoms with E-state index in [2.05, 4.69) is 30.1 Å². The highest BCUT2D eigenvalue weighted by atomic mass is 32.2. The zero-order valence-corrected chi connectivity index (χ0v) is 22.2. The molecule has 5 rings (SSSR count). The smallest absolute Gasteiger partial charge is 0.414 e. The summed E-state index contributed by atoms with van der Waals surface area (Å²) in [5.74, 6) is -2.29. The minimum Gasteiger partial charge on any atom is -0.414 e. The number of aromatic nitrogens is 6. The monoisotopic (exact) mass is 577 g/mol.